The summed E-state index contributed by atoms with van der Waals surface area (Å²) >= 11 is 0. The monoisotopic (exact) mass is 307 g/mol. The van der Waals surface area contributed by atoms with Crippen LogP contribution in [-0.4, -0.2) is 9.52 Å². The molecule has 2 aliphatic rings. The number of rotatable bonds is 0. The van der Waals surface area contributed by atoms with Crippen molar-refractivity contribution < 1.29 is 26.2 Å². The molecule has 0 heterocycles. The van der Waals surface area contributed by atoms with Gasteiger partial charge in [-0.15, -0.1) is 12.8 Å². The Balaban J connectivity index is 0. The van der Waals surface area contributed by atoms with E-state index in [2.05, 4.69) is 63.4 Å². The summed E-state index contributed by atoms with van der Waals surface area (Å²) in [5, 5.41) is 0. The smallest absolute Gasteiger partial charge is 0.270 e. The van der Waals surface area contributed by atoms with Gasteiger partial charge in [0, 0.05) is 9.52 Å². The predicted molar refractivity (Wildman–Crippen MR) is 71.3 cm³/mol. The Labute approximate surface area is 123 Å². The summed E-state index contributed by atoms with van der Waals surface area (Å²) in [5.74, 6) is 0. The maximum atomic E-state index is 3.12. The second-order valence-corrected chi connectivity index (χ2v) is 4.66. The van der Waals surface area contributed by atoms with E-state index in [1.165, 1.54) is 11.1 Å². The molecule has 0 saturated heterocycles. The van der Waals surface area contributed by atoms with E-state index in [1.807, 2.05) is 0 Å². The fourth-order valence-corrected chi connectivity index (χ4v) is 1.03. The number of allylic oxidation sites excluding steroid dienone is 8. The summed E-state index contributed by atoms with van der Waals surface area (Å²) in [5.41, 5.74) is 2.55. The zero-order valence-electron chi connectivity index (χ0n) is 10.8. The maximum Gasteiger partial charge on any atom is 2.00 e. The molecule has 0 saturated carbocycles. The van der Waals surface area contributed by atoms with E-state index in [0.29, 0.717) is 0 Å². The molecule has 0 aromatic heterocycles. The van der Waals surface area contributed by atoms with Crippen LogP contribution in [0.3, 0.4) is 0 Å². The van der Waals surface area contributed by atoms with Gasteiger partial charge in [0.1, 0.15) is 0 Å². The van der Waals surface area contributed by atoms with Gasteiger partial charge in [-0.25, -0.2) is 23.3 Å². The Kier molecular flexibility index (Phi) is 15.1. The quantitative estimate of drug-likeness (QED) is 0.470. The fraction of sp³-hybridized carbons (Fsp3) is 0.429. The first-order valence-electron chi connectivity index (χ1n) is 5.42. The SMILES string of the molecule is CC1=[C-]CC=C1.CC1=[C-]CC=C1.C[SiH]C.[Zr+2]. The van der Waals surface area contributed by atoms with Gasteiger partial charge in [0.15, 0.2) is 0 Å². The minimum atomic E-state index is 0. The summed E-state index contributed by atoms with van der Waals surface area (Å²) in [6, 6.07) is 0. The summed E-state index contributed by atoms with van der Waals surface area (Å²) in [4.78, 5) is 0. The molecule has 0 amide bonds. The van der Waals surface area contributed by atoms with E-state index in [4.69, 9.17) is 0 Å². The van der Waals surface area contributed by atoms with Crippen LogP contribution in [0.1, 0.15) is 26.7 Å². The average molecular weight is 309 g/mol. The van der Waals surface area contributed by atoms with Gasteiger partial charge in [0.25, 0.3) is 0 Å². The minimum Gasteiger partial charge on any atom is -0.270 e. The molecule has 2 aliphatic carbocycles. The van der Waals surface area contributed by atoms with Crippen molar-refractivity contribution in [3.05, 3.63) is 47.6 Å². The number of hydrogen-bond donors (Lipinski definition) is 0. The standard InChI is InChI=1S/2C6H7.C2H7Si.Zr/c2*1-6-4-2-3-5-6;1-3-2;/h2*2,4H,3H2,1H3;3H,1-2H3;/q2*-1;;+2. The van der Waals surface area contributed by atoms with Crippen molar-refractivity contribution in [2.75, 3.05) is 0 Å². The summed E-state index contributed by atoms with van der Waals surface area (Å²) in [7, 11) is 0.750. The molecule has 0 aromatic carbocycles. The second-order valence-electron chi connectivity index (χ2n) is 3.51. The third kappa shape index (κ3) is 12.1. The Morgan fingerprint density at radius 3 is 1.31 bits per heavy atom. The van der Waals surface area contributed by atoms with E-state index in [1.54, 1.807) is 0 Å². The van der Waals surface area contributed by atoms with Crippen molar-refractivity contribution >= 4 is 9.52 Å². The Morgan fingerprint density at radius 2 is 1.25 bits per heavy atom. The summed E-state index contributed by atoms with van der Waals surface area (Å²) in [6.07, 6.45) is 16.7. The molecule has 0 atom stereocenters. The van der Waals surface area contributed by atoms with Crippen LogP contribution in [-0.2, 0) is 26.2 Å². The molecule has 0 spiro atoms. The van der Waals surface area contributed by atoms with Gasteiger partial charge in [-0.3, -0.25) is 12.2 Å². The molecule has 0 fully saturated rings. The second kappa shape index (κ2) is 13.1. The van der Waals surface area contributed by atoms with Crippen molar-refractivity contribution in [2.45, 2.75) is 39.8 Å². The molecule has 0 aromatic rings. The van der Waals surface area contributed by atoms with Crippen molar-refractivity contribution in [3.63, 3.8) is 0 Å². The molecular formula is C14H21SiZr. The van der Waals surface area contributed by atoms with E-state index in [0.717, 1.165) is 22.4 Å². The molecular weight excluding hydrogens is 287 g/mol. The van der Waals surface area contributed by atoms with E-state index in [-0.39, 0.29) is 26.2 Å². The molecule has 2 heteroatoms. The molecule has 16 heavy (non-hydrogen) atoms. The van der Waals surface area contributed by atoms with Crippen LogP contribution in [0, 0.1) is 12.2 Å². The Morgan fingerprint density at radius 1 is 0.938 bits per heavy atom. The summed E-state index contributed by atoms with van der Waals surface area (Å²) < 4.78 is 0. The molecule has 0 N–H and O–H groups in total. The molecule has 0 nitrogen and oxygen atoms in total. The van der Waals surface area contributed by atoms with Crippen LogP contribution in [0.5, 0.6) is 0 Å². The van der Waals surface area contributed by atoms with Crippen LogP contribution in [0.15, 0.2) is 35.5 Å². The van der Waals surface area contributed by atoms with E-state index >= 15 is 0 Å². The molecule has 85 valence electrons. The normalized spacial score (nSPS) is 15.0. The Bertz CT molecular complexity index is 239. The van der Waals surface area contributed by atoms with Crippen LogP contribution in [0.25, 0.3) is 0 Å². The zero-order valence-corrected chi connectivity index (χ0v) is 14.4. The van der Waals surface area contributed by atoms with E-state index in [9.17, 15) is 0 Å². The first kappa shape index (κ1) is 18.4. The van der Waals surface area contributed by atoms with Gasteiger partial charge in [-0.05, 0) is 0 Å². The first-order valence-corrected chi connectivity index (χ1v) is 7.73. The predicted octanol–water partition coefficient (Wildman–Crippen LogP) is 3.91. The number of hydrogen-bond acceptors (Lipinski definition) is 0. The van der Waals surface area contributed by atoms with Gasteiger partial charge in [0.05, 0.1) is 0 Å². The molecule has 1 radical (unpaired) electrons. The molecule has 0 unspecified atom stereocenters. The first-order chi connectivity index (χ1) is 7.20. The van der Waals surface area contributed by atoms with Crippen molar-refractivity contribution in [2.24, 2.45) is 0 Å². The average Bonchev–Trinajstić information content (AvgIpc) is 2.81. The maximum absolute atomic E-state index is 3.12. The zero-order chi connectivity index (χ0) is 11.5. The van der Waals surface area contributed by atoms with Crippen LogP contribution in [0.2, 0.25) is 13.1 Å². The fourth-order valence-electron chi connectivity index (χ4n) is 1.03. The minimum absolute atomic E-state index is 0. The van der Waals surface area contributed by atoms with Crippen molar-refractivity contribution in [1.82, 2.24) is 0 Å². The molecule has 0 bridgehead atoms. The third-order valence-corrected chi connectivity index (χ3v) is 1.73. The van der Waals surface area contributed by atoms with Gasteiger partial charge in [-0.1, -0.05) is 26.9 Å². The van der Waals surface area contributed by atoms with E-state index < -0.39 is 0 Å². The van der Waals surface area contributed by atoms with Gasteiger partial charge >= 0.3 is 26.2 Å². The largest absolute Gasteiger partial charge is 2.00 e. The van der Waals surface area contributed by atoms with Crippen LogP contribution >= 0.6 is 0 Å². The molecule has 2 rings (SSSR count). The van der Waals surface area contributed by atoms with Crippen LogP contribution < -0.4 is 0 Å². The van der Waals surface area contributed by atoms with Gasteiger partial charge in [-0.2, -0.15) is 12.2 Å². The van der Waals surface area contributed by atoms with Gasteiger partial charge < -0.3 is 0 Å². The third-order valence-electron chi connectivity index (χ3n) is 1.73. The summed E-state index contributed by atoms with van der Waals surface area (Å²) in [6.45, 7) is 8.53. The van der Waals surface area contributed by atoms with Gasteiger partial charge in [0.2, 0.25) is 0 Å². The van der Waals surface area contributed by atoms with Crippen molar-refractivity contribution in [3.8, 4) is 0 Å². The topological polar surface area (TPSA) is 0 Å². The molecule has 0 aliphatic heterocycles. The van der Waals surface area contributed by atoms with Crippen molar-refractivity contribution in [1.29, 1.82) is 0 Å². The Hall–Kier alpha value is 0.0600. The van der Waals surface area contributed by atoms with Crippen LogP contribution in [0.4, 0.5) is 0 Å².